The minimum Gasteiger partial charge on any atom is -0.469 e. The van der Waals surface area contributed by atoms with Crippen LogP contribution in [0.15, 0.2) is 18.2 Å². The van der Waals surface area contributed by atoms with E-state index in [2.05, 4.69) is 4.74 Å². The standard InChI is InChI=1S/C11H12Cl2O4/c1-17-10(15)5-9(14)11(16)6-2-7(12)4-8(13)3-6/h2-4,9,11,14,16H,5H2,1H3. The molecule has 2 atom stereocenters. The first kappa shape index (κ1) is 14.3. The largest absolute Gasteiger partial charge is 0.469 e. The molecular formula is C11H12Cl2O4. The van der Waals surface area contributed by atoms with Crippen LogP contribution in [0.5, 0.6) is 0 Å². The average Bonchev–Trinajstić information content (AvgIpc) is 2.26. The molecule has 0 saturated carbocycles. The second-order valence-electron chi connectivity index (χ2n) is 3.50. The van der Waals surface area contributed by atoms with E-state index in [1.807, 2.05) is 0 Å². The second-order valence-corrected chi connectivity index (χ2v) is 4.37. The number of carbonyl (C=O) groups excluding carboxylic acids is 1. The van der Waals surface area contributed by atoms with Crippen LogP contribution in [0.4, 0.5) is 0 Å². The van der Waals surface area contributed by atoms with Gasteiger partial charge in [-0.25, -0.2) is 0 Å². The number of rotatable bonds is 4. The lowest BCUT2D eigenvalue weighted by molar-refractivity contribution is -0.144. The minimum atomic E-state index is -1.27. The van der Waals surface area contributed by atoms with Crippen LogP contribution >= 0.6 is 23.2 Å². The Labute approximate surface area is 109 Å². The third-order valence-electron chi connectivity index (χ3n) is 2.19. The van der Waals surface area contributed by atoms with Crippen molar-refractivity contribution in [2.24, 2.45) is 0 Å². The van der Waals surface area contributed by atoms with E-state index in [4.69, 9.17) is 23.2 Å². The molecule has 2 N–H and O–H groups in total. The SMILES string of the molecule is COC(=O)CC(O)C(O)c1cc(Cl)cc(Cl)c1. The van der Waals surface area contributed by atoms with E-state index < -0.39 is 18.2 Å². The molecule has 17 heavy (non-hydrogen) atoms. The summed E-state index contributed by atoms with van der Waals surface area (Å²) in [7, 11) is 1.21. The van der Waals surface area contributed by atoms with Gasteiger partial charge in [0.25, 0.3) is 0 Å². The summed E-state index contributed by atoms with van der Waals surface area (Å²) < 4.78 is 4.39. The predicted molar refractivity (Wildman–Crippen MR) is 64.1 cm³/mol. The summed E-state index contributed by atoms with van der Waals surface area (Å²) in [5.41, 5.74) is 0.346. The van der Waals surface area contributed by atoms with Crippen molar-refractivity contribution in [2.45, 2.75) is 18.6 Å². The highest BCUT2D eigenvalue weighted by Crippen LogP contribution is 2.26. The van der Waals surface area contributed by atoms with E-state index in [1.165, 1.54) is 25.3 Å². The molecule has 2 unspecified atom stereocenters. The summed E-state index contributed by atoms with van der Waals surface area (Å²) in [5, 5.41) is 20.1. The Balaban J connectivity index is 2.80. The smallest absolute Gasteiger partial charge is 0.308 e. The first-order valence-corrected chi connectivity index (χ1v) is 5.58. The fourth-order valence-corrected chi connectivity index (χ4v) is 1.88. The molecule has 0 aliphatic heterocycles. The Kier molecular flexibility index (Phi) is 5.21. The Hall–Kier alpha value is -0.810. The first-order chi connectivity index (χ1) is 7.93. The van der Waals surface area contributed by atoms with Crippen LogP contribution in [0, 0.1) is 0 Å². The van der Waals surface area contributed by atoms with Crippen molar-refractivity contribution in [1.29, 1.82) is 0 Å². The molecule has 4 nitrogen and oxygen atoms in total. The minimum absolute atomic E-state index is 0.304. The summed E-state index contributed by atoms with van der Waals surface area (Å²) in [6.45, 7) is 0. The number of benzene rings is 1. The van der Waals surface area contributed by atoms with E-state index in [1.54, 1.807) is 0 Å². The third-order valence-corrected chi connectivity index (χ3v) is 2.63. The number of aliphatic hydroxyl groups is 2. The van der Waals surface area contributed by atoms with Crippen molar-refractivity contribution in [3.63, 3.8) is 0 Å². The maximum Gasteiger partial charge on any atom is 0.308 e. The van der Waals surface area contributed by atoms with E-state index in [0.29, 0.717) is 15.6 Å². The van der Waals surface area contributed by atoms with Crippen molar-refractivity contribution < 1.29 is 19.7 Å². The van der Waals surface area contributed by atoms with Crippen LogP contribution in [0.25, 0.3) is 0 Å². The lowest BCUT2D eigenvalue weighted by atomic mass is 10.0. The van der Waals surface area contributed by atoms with E-state index in [0.717, 1.165) is 0 Å². The van der Waals surface area contributed by atoms with Crippen LogP contribution in [0.1, 0.15) is 18.1 Å². The number of esters is 1. The first-order valence-electron chi connectivity index (χ1n) is 4.83. The quantitative estimate of drug-likeness (QED) is 0.827. The highest BCUT2D eigenvalue weighted by molar-refractivity contribution is 6.34. The van der Waals surface area contributed by atoms with E-state index in [9.17, 15) is 15.0 Å². The van der Waals surface area contributed by atoms with Gasteiger partial charge in [0.1, 0.15) is 6.10 Å². The molecule has 0 heterocycles. The Bertz CT molecular complexity index is 388. The maximum atomic E-state index is 10.9. The Morgan fingerprint density at radius 1 is 1.29 bits per heavy atom. The molecule has 1 aromatic rings. The topological polar surface area (TPSA) is 66.8 Å². The van der Waals surface area contributed by atoms with Gasteiger partial charge in [0.05, 0.1) is 19.6 Å². The van der Waals surface area contributed by atoms with Crippen molar-refractivity contribution in [1.82, 2.24) is 0 Å². The number of hydrogen-bond donors (Lipinski definition) is 2. The molecule has 1 rings (SSSR count). The van der Waals surface area contributed by atoms with Gasteiger partial charge in [-0.1, -0.05) is 23.2 Å². The molecule has 0 radical (unpaired) electrons. The normalized spacial score (nSPS) is 14.2. The summed E-state index contributed by atoms with van der Waals surface area (Å²) in [6, 6.07) is 4.45. The summed E-state index contributed by atoms with van der Waals surface area (Å²) in [6.07, 6.45) is -2.82. The van der Waals surface area contributed by atoms with Crippen LogP contribution in [0.3, 0.4) is 0 Å². The Morgan fingerprint density at radius 2 is 1.82 bits per heavy atom. The van der Waals surface area contributed by atoms with E-state index >= 15 is 0 Å². The lowest BCUT2D eigenvalue weighted by Crippen LogP contribution is -2.22. The number of ether oxygens (including phenoxy) is 1. The third kappa shape index (κ3) is 4.16. The number of aliphatic hydroxyl groups excluding tert-OH is 2. The molecule has 1 aromatic carbocycles. The molecule has 0 fully saturated rings. The predicted octanol–water partition coefficient (Wildman–Crippen LogP) is 1.95. The van der Waals surface area contributed by atoms with E-state index in [-0.39, 0.29) is 6.42 Å². The second kappa shape index (κ2) is 6.21. The van der Waals surface area contributed by atoms with Gasteiger partial charge in [-0.2, -0.15) is 0 Å². The van der Waals surface area contributed by atoms with Gasteiger partial charge >= 0.3 is 5.97 Å². The molecular weight excluding hydrogens is 267 g/mol. The van der Waals surface area contributed by atoms with Gasteiger partial charge in [-0.3, -0.25) is 4.79 Å². The van der Waals surface area contributed by atoms with Crippen LogP contribution in [-0.4, -0.2) is 29.4 Å². The zero-order valence-corrected chi connectivity index (χ0v) is 10.6. The monoisotopic (exact) mass is 278 g/mol. The van der Waals surface area contributed by atoms with Gasteiger partial charge in [0.2, 0.25) is 0 Å². The van der Waals surface area contributed by atoms with Crippen molar-refractivity contribution in [3.8, 4) is 0 Å². The number of halogens is 2. The summed E-state index contributed by atoms with van der Waals surface area (Å²) in [5.74, 6) is -0.607. The summed E-state index contributed by atoms with van der Waals surface area (Å²) >= 11 is 11.5. The van der Waals surface area contributed by atoms with Gasteiger partial charge in [-0.15, -0.1) is 0 Å². The fraction of sp³-hybridized carbons (Fsp3) is 0.364. The molecule has 0 amide bonds. The van der Waals surface area contributed by atoms with Gasteiger partial charge in [-0.05, 0) is 23.8 Å². The molecule has 0 saturated heterocycles. The van der Waals surface area contributed by atoms with Crippen LogP contribution in [0.2, 0.25) is 10.0 Å². The zero-order valence-electron chi connectivity index (χ0n) is 9.06. The molecule has 0 aromatic heterocycles. The lowest BCUT2D eigenvalue weighted by Gasteiger charge is -2.17. The van der Waals surface area contributed by atoms with Gasteiger partial charge in [0.15, 0.2) is 0 Å². The molecule has 0 aliphatic rings. The summed E-state index contributed by atoms with van der Waals surface area (Å²) in [4.78, 5) is 10.9. The number of methoxy groups -OCH3 is 1. The number of hydrogen-bond acceptors (Lipinski definition) is 4. The van der Waals surface area contributed by atoms with Crippen molar-refractivity contribution in [3.05, 3.63) is 33.8 Å². The average molecular weight is 279 g/mol. The van der Waals surface area contributed by atoms with Crippen LogP contribution in [-0.2, 0) is 9.53 Å². The molecule has 0 spiro atoms. The molecule has 0 aliphatic carbocycles. The number of carbonyl (C=O) groups is 1. The molecule has 0 bridgehead atoms. The van der Waals surface area contributed by atoms with Gasteiger partial charge < -0.3 is 14.9 Å². The van der Waals surface area contributed by atoms with Gasteiger partial charge in [0, 0.05) is 10.0 Å². The highest BCUT2D eigenvalue weighted by Gasteiger charge is 2.22. The zero-order chi connectivity index (χ0) is 13.0. The molecule has 6 heteroatoms. The highest BCUT2D eigenvalue weighted by atomic mass is 35.5. The molecule has 94 valence electrons. The fourth-order valence-electron chi connectivity index (χ4n) is 1.33. The Morgan fingerprint density at radius 3 is 2.29 bits per heavy atom. The van der Waals surface area contributed by atoms with Crippen LogP contribution < -0.4 is 0 Å². The maximum absolute atomic E-state index is 10.9. The van der Waals surface area contributed by atoms with Crippen molar-refractivity contribution in [2.75, 3.05) is 7.11 Å². The van der Waals surface area contributed by atoms with Crippen molar-refractivity contribution >= 4 is 29.2 Å².